The Balaban J connectivity index is 2.21. The zero-order valence-corrected chi connectivity index (χ0v) is 9.76. The average molecular weight is 272 g/mol. The average Bonchev–Trinajstić information content (AvgIpc) is 2.23. The Morgan fingerprint density at radius 2 is 1.93 bits per heavy atom. The summed E-state index contributed by atoms with van der Waals surface area (Å²) in [5, 5.41) is 0. The van der Waals surface area contributed by atoms with Crippen molar-refractivity contribution in [3.05, 3.63) is 28.5 Å². The number of Topliss-reactive ketones (excluding diaryl/α,β-unsaturated/α-hetero) is 1. The number of carbonyl (C=O) groups excluding carboxylic acids is 1. The lowest BCUT2D eigenvalue weighted by molar-refractivity contribution is -0.119. The number of benzene rings is 1. The third-order valence-corrected chi connectivity index (χ3v) is 3.06. The Kier molecular flexibility index (Phi) is 3.05. The number of hydrogen-bond acceptors (Lipinski definition) is 2. The fraction of sp³-hybridized carbons (Fsp3) is 0.364. The number of nitrogens with zero attached hydrogens (tertiary/aromatic N) is 1. The number of halogens is 2. The summed E-state index contributed by atoms with van der Waals surface area (Å²) >= 11 is 3.31. The normalized spacial score (nSPS) is 16.9. The number of hydrogen-bond donors (Lipinski definition) is 0. The molecule has 1 heterocycles. The van der Waals surface area contributed by atoms with E-state index in [1.165, 1.54) is 6.07 Å². The molecule has 0 spiro atoms. The van der Waals surface area contributed by atoms with E-state index >= 15 is 0 Å². The minimum absolute atomic E-state index is 0.229. The van der Waals surface area contributed by atoms with Gasteiger partial charge in [0.05, 0.1) is 5.69 Å². The van der Waals surface area contributed by atoms with E-state index in [4.69, 9.17) is 0 Å². The molecule has 1 aromatic rings. The summed E-state index contributed by atoms with van der Waals surface area (Å²) in [7, 11) is 0. The van der Waals surface area contributed by atoms with Crippen LogP contribution in [-0.4, -0.2) is 18.9 Å². The third kappa shape index (κ3) is 2.37. The zero-order chi connectivity index (χ0) is 10.8. The molecular weight excluding hydrogens is 261 g/mol. The quantitative estimate of drug-likeness (QED) is 0.783. The summed E-state index contributed by atoms with van der Waals surface area (Å²) in [6.45, 7) is 1.23. The molecule has 0 N–H and O–H groups in total. The fourth-order valence-electron chi connectivity index (χ4n) is 1.73. The van der Waals surface area contributed by atoms with E-state index in [-0.39, 0.29) is 11.6 Å². The van der Waals surface area contributed by atoms with Crippen molar-refractivity contribution in [1.29, 1.82) is 0 Å². The predicted molar refractivity (Wildman–Crippen MR) is 60.6 cm³/mol. The Hall–Kier alpha value is -0.900. The van der Waals surface area contributed by atoms with Crippen molar-refractivity contribution in [3.63, 3.8) is 0 Å². The molecule has 15 heavy (non-hydrogen) atoms. The van der Waals surface area contributed by atoms with Crippen LogP contribution in [0.1, 0.15) is 12.8 Å². The van der Waals surface area contributed by atoms with Gasteiger partial charge in [-0.1, -0.05) is 15.9 Å². The van der Waals surface area contributed by atoms with E-state index in [0.29, 0.717) is 31.6 Å². The van der Waals surface area contributed by atoms with Gasteiger partial charge in [-0.2, -0.15) is 0 Å². The van der Waals surface area contributed by atoms with Gasteiger partial charge < -0.3 is 4.90 Å². The van der Waals surface area contributed by atoms with Gasteiger partial charge in [-0.3, -0.25) is 4.79 Å². The van der Waals surface area contributed by atoms with Crippen molar-refractivity contribution in [2.24, 2.45) is 0 Å². The predicted octanol–water partition coefficient (Wildman–Crippen LogP) is 2.76. The van der Waals surface area contributed by atoms with Crippen molar-refractivity contribution in [1.82, 2.24) is 0 Å². The van der Waals surface area contributed by atoms with Crippen molar-refractivity contribution < 1.29 is 9.18 Å². The Bertz CT molecular complexity index is 384. The van der Waals surface area contributed by atoms with Crippen LogP contribution in [0.15, 0.2) is 22.7 Å². The van der Waals surface area contributed by atoms with Gasteiger partial charge in [0.2, 0.25) is 0 Å². The second-order valence-electron chi connectivity index (χ2n) is 3.62. The summed E-state index contributed by atoms with van der Waals surface area (Å²) in [5.74, 6) is 0.0363. The van der Waals surface area contributed by atoms with Crippen molar-refractivity contribution >= 4 is 27.4 Å². The summed E-state index contributed by atoms with van der Waals surface area (Å²) in [6, 6.07) is 4.87. The van der Waals surface area contributed by atoms with Crippen LogP contribution in [-0.2, 0) is 4.79 Å². The molecule has 0 saturated carbocycles. The maximum Gasteiger partial charge on any atom is 0.146 e. The maximum atomic E-state index is 13.5. The lowest BCUT2D eigenvalue weighted by Gasteiger charge is -2.28. The molecule has 2 rings (SSSR count). The summed E-state index contributed by atoms with van der Waals surface area (Å²) in [5.41, 5.74) is 0.580. The molecule has 1 aliphatic rings. The first-order chi connectivity index (χ1) is 7.16. The summed E-state index contributed by atoms with van der Waals surface area (Å²) in [4.78, 5) is 13.0. The Morgan fingerprint density at radius 1 is 1.27 bits per heavy atom. The van der Waals surface area contributed by atoms with Gasteiger partial charge in [-0.15, -0.1) is 0 Å². The van der Waals surface area contributed by atoms with Gasteiger partial charge in [-0.25, -0.2) is 4.39 Å². The largest absolute Gasteiger partial charge is 0.368 e. The molecule has 4 heteroatoms. The molecule has 0 aliphatic carbocycles. The molecule has 1 saturated heterocycles. The lowest BCUT2D eigenvalue weighted by Crippen LogP contribution is -2.34. The van der Waals surface area contributed by atoms with Gasteiger partial charge >= 0.3 is 0 Å². The Morgan fingerprint density at radius 3 is 2.60 bits per heavy atom. The number of anilines is 1. The molecule has 0 unspecified atom stereocenters. The van der Waals surface area contributed by atoms with Gasteiger partial charge in [0, 0.05) is 30.4 Å². The SMILES string of the molecule is O=C1CCN(c2cc(Br)ccc2F)CC1. The maximum absolute atomic E-state index is 13.5. The van der Waals surface area contributed by atoms with Crippen LogP contribution < -0.4 is 4.90 Å². The Labute approximate surface area is 96.2 Å². The highest BCUT2D eigenvalue weighted by atomic mass is 79.9. The molecule has 1 aromatic carbocycles. The number of ketones is 1. The number of piperidine rings is 1. The van der Waals surface area contributed by atoms with E-state index in [9.17, 15) is 9.18 Å². The number of rotatable bonds is 1. The smallest absolute Gasteiger partial charge is 0.146 e. The van der Waals surface area contributed by atoms with Crippen LogP contribution in [0.2, 0.25) is 0 Å². The number of carbonyl (C=O) groups is 1. The van der Waals surface area contributed by atoms with Gasteiger partial charge in [-0.05, 0) is 18.2 Å². The van der Waals surface area contributed by atoms with Crippen LogP contribution in [0.4, 0.5) is 10.1 Å². The highest BCUT2D eigenvalue weighted by Gasteiger charge is 2.18. The van der Waals surface area contributed by atoms with E-state index in [1.807, 2.05) is 4.90 Å². The molecule has 2 nitrogen and oxygen atoms in total. The topological polar surface area (TPSA) is 20.3 Å². The minimum Gasteiger partial charge on any atom is -0.368 e. The van der Waals surface area contributed by atoms with E-state index in [2.05, 4.69) is 15.9 Å². The van der Waals surface area contributed by atoms with Gasteiger partial charge in [0.15, 0.2) is 0 Å². The molecule has 80 valence electrons. The van der Waals surface area contributed by atoms with Crippen LogP contribution >= 0.6 is 15.9 Å². The molecule has 0 aromatic heterocycles. The molecule has 0 bridgehead atoms. The molecular formula is C11H11BrFNO. The van der Waals surface area contributed by atoms with Gasteiger partial charge in [0.25, 0.3) is 0 Å². The van der Waals surface area contributed by atoms with Crippen molar-refractivity contribution in [2.45, 2.75) is 12.8 Å². The standard InChI is InChI=1S/C11H11BrFNO/c12-8-1-2-10(13)11(7-8)14-5-3-9(15)4-6-14/h1-2,7H,3-6H2. The van der Waals surface area contributed by atoms with Crippen LogP contribution in [0.3, 0.4) is 0 Å². The van der Waals surface area contributed by atoms with Crippen molar-refractivity contribution in [2.75, 3.05) is 18.0 Å². The first kappa shape index (κ1) is 10.6. The monoisotopic (exact) mass is 271 g/mol. The first-order valence-corrected chi connectivity index (χ1v) is 5.68. The molecule has 1 aliphatic heterocycles. The van der Waals surface area contributed by atoms with Crippen molar-refractivity contribution in [3.8, 4) is 0 Å². The molecule has 0 radical (unpaired) electrons. The van der Waals surface area contributed by atoms with E-state index in [1.54, 1.807) is 12.1 Å². The molecule has 0 atom stereocenters. The highest BCUT2D eigenvalue weighted by Crippen LogP contribution is 2.25. The second kappa shape index (κ2) is 4.31. The highest BCUT2D eigenvalue weighted by molar-refractivity contribution is 9.10. The van der Waals surface area contributed by atoms with Crippen LogP contribution in [0.5, 0.6) is 0 Å². The lowest BCUT2D eigenvalue weighted by atomic mass is 10.1. The van der Waals surface area contributed by atoms with Crippen LogP contribution in [0, 0.1) is 5.82 Å². The summed E-state index contributed by atoms with van der Waals surface area (Å²) < 4.78 is 14.4. The second-order valence-corrected chi connectivity index (χ2v) is 4.54. The van der Waals surface area contributed by atoms with Gasteiger partial charge in [0.1, 0.15) is 11.6 Å². The zero-order valence-electron chi connectivity index (χ0n) is 8.17. The summed E-state index contributed by atoms with van der Waals surface area (Å²) in [6.07, 6.45) is 1.04. The van der Waals surface area contributed by atoms with E-state index < -0.39 is 0 Å². The third-order valence-electron chi connectivity index (χ3n) is 2.57. The minimum atomic E-state index is -0.229. The molecule has 1 fully saturated rings. The first-order valence-electron chi connectivity index (χ1n) is 4.88. The van der Waals surface area contributed by atoms with Crippen LogP contribution in [0.25, 0.3) is 0 Å². The van der Waals surface area contributed by atoms with E-state index in [0.717, 1.165) is 4.47 Å². The fourth-order valence-corrected chi connectivity index (χ4v) is 2.07. The molecule has 0 amide bonds.